The zero-order valence-electron chi connectivity index (χ0n) is 10.0. The molecule has 110 valence electrons. The van der Waals surface area contributed by atoms with E-state index in [2.05, 4.69) is 0 Å². The highest BCUT2D eigenvalue weighted by molar-refractivity contribution is 5.92. The van der Waals surface area contributed by atoms with Crippen molar-refractivity contribution < 1.29 is 44.6 Å². The van der Waals surface area contributed by atoms with Crippen LogP contribution in [0.5, 0.6) is 0 Å². The summed E-state index contributed by atoms with van der Waals surface area (Å²) in [5.41, 5.74) is 0. The van der Waals surface area contributed by atoms with Crippen molar-refractivity contribution >= 4 is 11.9 Å². The summed E-state index contributed by atoms with van der Waals surface area (Å²) in [5.74, 6) is -4.96. The van der Waals surface area contributed by atoms with Crippen LogP contribution in [-0.4, -0.2) is 75.3 Å². The maximum Gasteiger partial charge on any atom is 0.317 e. The van der Waals surface area contributed by atoms with E-state index < -0.39 is 55.0 Å². The molecular formula is C10H16O9. The van der Waals surface area contributed by atoms with Crippen molar-refractivity contribution in [3.8, 4) is 0 Å². The zero-order chi connectivity index (χ0) is 14.7. The lowest BCUT2D eigenvalue weighted by molar-refractivity contribution is -0.292. The van der Waals surface area contributed by atoms with Gasteiger partial charge in [0.05, 0.1) is 6.10 Å². The number of hydrogen-bond acceptors (Lipinski definition) is 7. The maximum atomic E-state index is 10.8. The number of ether oxygens (including phenoxy) is 2. The molecule has 0 aromatic rings. The van der Waals surface area contributed by atoms with Gasteiger partial charge >= 0.3 is 11.9 Å². The number of carbonyl (C=O) groups is 2. The van der Waals surface area contributed by atoms with Crippen molar-refractivity contribution in [2.24, 2.45) is 5.92 Å². The highest BCUT2D eigenvalue weighted by Gasteiger charge is 2.46. The molecule has 3 unspecified atom stereocenters. The van der Waals surface area contributed by atoms with Crippen molar-refractivity contribution in [1.29, 1.82) is 0 Å². The van der Waals surface area contributed by atoms with Crippen LogP contribution in [0.25, 0.3) is 0 Å². The molecule has 19 heavy (non-hydrogen) atoms. The predicted octanol–water partition coefficient (Wildman–Crippen LogP) is -2.38. The van der Waals surface area contributed by atoms with Gasteiger partial charge in [0.1, 0.15) is 18.3 Å². The van der Waals surface area contributed by atoms with E-state index in [1.165, 1.54) is 7.11 Å². The molecule has 1 saturated heterocycles. The van der Waals surface area contributed by atoms with Gasteiger partial charge < -0.3 is 35.0 Å². The van der Waals surface area contributed by atoms with E-state index in [9.17, 15) is 24.9 Å². The SMILES string of the molecule is CO[C@H]1OC(CC(C(=O)O)C(=O)O)[C@@H](O)C(O)C1O. The van der Waals surface area contributed by atoms with Crippen LogP contribution < -0.4 is 0 Å². The summed E-state index contributed by atoms with van der Waals surface area (Å²) in [7, 11) is 1.18. The van der Waals surface area contributed by atoms with Crippen molar-refractivity contribution in [2.45, 2.75) is 37.1 Å². The van der Waals surface area contributed by atoms with Crippen molar-refractivity contribution in [3.63, 3.8) is 0 Å². The Morgan fingerprint density at radius 1 is 1.11 bits per heavy atom. The van der Waals surface area contributed by atoms with Crippen LogP contribution >= 0.6 is 0 Å². The number of carboxylic acid groups (broad SMARTS) is 2. The van der Waals surface area contributed by atoms with Crippen LogP contribution in [0.3, 0.4) is 0 Å². The van der Waals surface area contributed by atoms with Gasteiger partial charge in [-0.15, -0.1) is 0 Å². The minimum Gasteiger partial charge on any atom is -0.481 e. The van der Waals surface area contributed by atoms with Crippen LogP contribution in [-0.2, 0) is 19.1 Å². The molecule has 0 aliphatic carbocycles. The first-order valence-corrected chi connectivity index (χ1v) is 5.47. The van der Waals surface area contributed by atoms with Gasteiger partial charge in [0.2, 0.25) is 0 Å². The summed E-state index contributed by atoms with van der Waals surface area (Å²) in [6, 6.07) is 0. The summed E-state index contributed by atoms with van der Waals surface area (Å²) in [6.45, 7) is 0. The highest BCUT2D eigenvalue weighted by Crippen LogP contribution is 2.26. The molecule has 0 bridgehead atoms. The third kappa shape index (κ3) is 3.39. The van der Waals surface area contributed by atoms with E-state index >= 15 is 0 Å². The fraction of sp³-hybridized carbons (Fsp3) is 0.800. The molecule has 1 fully saturated rings. The second-order valence-electron chi connectivity index (χ2n) is 4.22. The van der Waals surface area contributed by atoms with Gasteiger partial charge in [-0.1, -0.05) is 0 Å². The summed E-state index contributed by atoms with van der Waals surface area (Å²) >= 11 is 0. The van der Waals surface area contributed by atoms with Gasteiger partial charge in [-0.05, 0) is 0 Å². The Kier molecular flexibility index (Phi) is 5.20. The third-order valence-corrected chi connectivity index (χ3v) is 2.97. The highest BCUT2D eigenvalue weighted by atomic mass is 16.7. The topological polar surface area (TPSA) is 154 Å². The van der Waals surface area contributed by atoms with Crippen LogP contribution in [0.1, 0.15) is 6.42 Å². The molecule has 0 radical (unpaired) electrons. The standard InChI is InChI=1S/C10H16O9/c1-18-10-7(13)6(12)5(11)4(19-10)2-3(8(14)15)9(16)17/h3-7,10-13H,2H2,1H3,(H,14,15)(H,16,17)/t4?,5-,6?,7?,10+/m1/s1. The summed E-state index contributed by atoms with van der Waals surface area (Å²) in [6.07, 6.45) is -7.85. The maximum absolute atomic E-state index is 10.8. The molecule has 0 aromatic carbocycles. The first kappa shape index (κ1) is 15.8. The quantitative estimate of drug-likeness (QED) is 0.347. The molecular weight excluding hydrogens is 264 g/mol. The van der Waals surface area contributed by atoms with E-state index in [1.54, 1.807) is 0 Å². The molecule has 5 N–H and O–H groups in total. The normalized spacial score (nSPS) is 35.3. The molecule has 1 aliphatic rings. The van der Waals surface area contributed by atoms with Crippen molar-refractivity contribution in [1.82, 2.24) is 0 Å². The third-order valence-electron chi connectivity index (χ3n) is 2.97. The van der Waals surface area contributed by atoms with Crippen molar-refractivity contribution in [3.05, 3.63) is 0 Å². The lowest BCUT2D eigenvalue weighted by Crippen LogP contribution is -2.58. The fourth-order valence-corrected chi connectivity index (χ4v) is 1.85. The number of rotatable bonds is 5. The van der Waals surface area contributed by atoms with E-state index in [-0.39, 0.29) is 0 Å². The summed E-state index contributed by atoms with van der Waals surface area (Å²) in [5, 5.41) is 46.2. The number of aliphatic hydroxyl groups is 3. The molecule has 1 heterocycles. The fourth-order valence-electron chi connectivity index (χ4n) is 1.85. The Bertz CT molecular complexity index is 328. The van der Waals surface area contributed by atoms with Gasteiger partial charge in [-0.3, -0.25) is 9.59 Å². The molecule has 0 aromatic heterocycles. The van der Waals surface area contributed by atoms with Gasteiger partial charge in [0.15, 0.2) is 12.2 Å². The number of hydrogen-bond donors (Lipinski definition) is 5. The second kappa shape index (κ2) is 6.26. The largest absolute Gasteiger partial charge is 0.481 e. The lowest BCUT2D eigenvalue weighted by Gasteiger charge is -2.40. The van der Waals surface area contributed by atoms with Gasteiger partial charge in [-0.2, -0.15) is 0 Å². The number of methoxy groups -OCH3 is 1. The van der Waals surface area contributed by atoms with E-state index in [0.717, 1.165) is 0 Å². The molecule has 9 nitrogen and oxygen atoms in total. The Morgan fingerprint density at radius 2 is 1.63 bits per heavy atom. The van der Waals surface area contributed by atoms with Crippen molar-refractivity contribution in [2.75, 3.05) is 7.11 Å². The van der Waals surface area contributed by atoms with E-state index in [1.807, 2.05) is 0 Å². The van der Waals surface area contributed by atoms with Crippen LogP contribution in [0.15, 0.2) is 0 Å². The molecule has 0 saturated carbocycles. The molecule has 5 atom stereocenters. The van der Waals surface area contributed by atoms with E-state index in [4.69, 9.17) is 19.7 Å². The van der Waals surface area contributed by atoms with Crippen LogP contribution in [0.4, 0.5) is 0 Å². The molecule has 0 spiro atoms. The molecule has 1 rings (SSSR count). The summed E-state index contributed by atoms with van der Waals surface area (Å²) in [4.78, 5) is 21.5. The predicted molar refractivity (Wildman–Crippen MR) is 57.1 cm³/mol. The Balaban J connectivity index is 2.81. The monoisotopic (exact) mass is 280 g/mol. The Hall–Kier alpha value is -1.26. The van der Waals surface area contributed by atoms with Gasteiger partial charge in [-0.25, -0.2) is 0 Å². The minimum absolute atomic E-state index is 0.560. The molecule has 9 heteroatoms. The zero-order valence-corrected chi connectivity index (χ0v) is 10.0. The Labute approximate surface area is 108 Å². The van der Waals surface area contributed by atoms with Crippen LogP contribution in [0, 0.1) is 5.92 Å². The summed E-state index contributed by atoms with van der Waals surface area (Å²) < 4.78 is 9.77. The van der Waals surface area contributed by atoms with E-state index in [0.29, 0.717) is 0 Å². The first-order chi connectivity index (χ1) is 8.79. The van der Waals surface area contributed by atoms with Crippen LogP contribution in [0.2, 0.25) is 0 Å². The van der Waals surface area contributed by atoms with Gasteiger partial charge in [0.25, 0.3) is 0 Å². The average Bonchev–Trinajstić information content (AvgIpc) is 2.34. The number of carboxylic acids is 2. The number of aliphatic carboxylic acids is 2. The second-order valence-corrected chi connectivity index (χ2v) is 4.22. The van der Waals surface area contributed by atoms with Gasteiger partial charge in [0, 0.05) is 13.5 Å². The average molecular weight is 280 g/mol. The molecule has 0 amide bonds. The first-order valence-electron chi connectivity index (χ1n) is 5.47. The Morgan fingerprint density at radius 3 is 2.05 bits per heavy atom. The smallest absolute Gasteiger partial charge is 0.317 e. The lowest BCUT2D eigenvalue weighted by atomic mass is 9.91. The molecule has 1 aliphatic heterocycles. The number of aliphatic hydroxyl groups excluding tert-OH is 3. The minimum atomic E-state index is -1.79.